The van der Waals surface area contributed by atoms with Gasteiger partial charge in [0.05, 0.1) is 13.1 Å². The summed E-state index contributed by atoms with van der Waals surface area (Å²) < 4.78 is 12.6. The summed E-state index contributed by atoms with van der Waals surface area (Å²) in [4.78, 5) is 30.8. The highest BCUT2D eigenvalue weighted by Gasteiger charge is 2.28. The van der Waals surface area contributed by atoms with E-state index in [0.29, 0.717) is 12.4 Å². The van der Waals surface area contributed by atoms with Crippen LogP contribution in [0.3, 0.4) is 0 Å². The van der Waals surface area contributed by atoms with E-state index in [0.717, 1.165) is 0 Å². The summed E-state index contributed by atoms with van der Waals surface area (Å²) in [6.45, 7) is 17.8. The van der Waals surface area contributed by atoms with Crippen LogP contribution in [0, 0.1) is 0 Å². The van der Waals surface area contributed by atoms with Gasteiger partial charge < -0.3 is 14.0 Å². The summed E-state index contributed by atoms with van der Waals surface area (Å²) in [6.07, 6.45) is 3.39. The molecule has 0 N–H and O–H groups in total. The van der Waals surface area contributed by atoms with E-state index in [1.54, 1.807) is 17.0 Å². The van der Waals surface area contributed by atoms with Gasteiger partial charge in [0.15, 0.2) is 0 Å². The van der Waals surface area contributed by atoms with Gasteiger partial charge in [0.2, 0.25) is 0 Å². The number of esters is 2. The standard InChI is InChI=1S/C20H35N3O4/c1-18(2,3)23(14-17(25)27-20(7,8)9)12-15-21-10-11-22(15)13-16(24)26-19(4,5)6/h10-11H,12-14H2,1-9H3. The third-order valence-corrected chi connectivity index (χ3v) is 3.54. The molecule has 0 aliphatic heterocycles. The van der Waals surface area contributed by atoms with E-state index in [2.05, 4.69) is 4.98 Å². The predicted molar refractivity (Wildman–Crippen MR) is 104 cm³/mol. The molecule has 0 radical (unpaired) electrons. The molecule has 0 atom stereocenters. The number of aromatic nitrogens is 2. The molecule has 1 aromatic rings. The molecule has 0 aromatic carbocycles. The molecule has 1 heterocycles. The first-order chi connectivity index (χ1) is 12.1. The average molecular weight is 382 g/mol. The maximum absolute atomic E-state index is 12.3. The van der Waals surface area contributed by atoms with Crippen LogP contribution in [0.15, 0.2) is 12.4 Å². The van der Waals surface area contributed by atoms with E-state index in [1.165, 1.54) is 0 Å². The molecular weight excluding hydrogens is 346 g/mol. The van der Waals surface area contributed by atoms with Gasteiger partial charge in [-0.2, -0.15) is 0 Å². The van der Waals surface area contributed by atoms with Crippen LogP contribution >= 0.6 is 0 Å². The number of imidazole rings is 1. The molecule has 0 spiro atoms. The van der Waals surface area contributed by atoms with E-state index in [9.17, 15) is 9.59 Å². The van der Waals surface area contributed by atoms with Crippen LogP contribution in [-0.2, 0) is 32.2 Å². The van der Waals surface area contributed by atoms with Gasteiger partial charge >= 0.3 is 11.9 Å². The Kier molecular flexibility index (Phi) is 7.22. The molecule has 7 heteroatoms. The largest absolute Gasteiger partial charge is 0.459 e. The van der Waals surface area contributed by atoms with Gasteiger partial charge in [-0.05, 0) is 62.3 Å². The number of carbonyl (C=O) groups is 2. The summed E-state index contributed by atoms with van der Waals surface area (Å²) in [5.74, 6) is 0.0817. The highest BCUT2D eigenvalue weighted by molar-refractivity contribution is 5.72. The zero-order valence-electron chi connectivity index (χ0n) is 18.3. The molecule has 154 valence electrons. The first-order valence-electron chi connectivity index (χ1n) is 9.25. The lowest BCUT2D eigenvalue weighted by Crippen LogP contribution is -2.45. The first-order valence-corrected chi connectivity index (χ1v) is 9.25. The van der Waals surface area contributed by atoms with Crippen LogP contribution < -0.4 is 0 Å². The van der Waals surface area contributed by atoms with Crippen LogP contribution in [-0.4, -0.2) is 49.7 Å². The third kappa shape index (κ3) is 9.04. The highest BCUT2D eigenvalue weighted by Crippen LogP contribution is 2.18. The van der Waals surface area contributed by atoms with E-state index >= 15 is 0 Å². The molecule has 27 heavy (non-hydrogen) atoms. The lowest BCUT2D eigenvalue weighted by Gasteiger charge is -2.35. The number of rotatable bonds is 6. The van der Waals surface area contributed by atoms with E-state index < -0.39 is 11.2 Å². The van der Waals surface area contributed by atoms with Crippen LogP contribution in [0.5, 0.6) is 0 Å². The van der Waals surface area contributed by atoms with Crippen molar-refractivity contribution < 1.29 is 19.1 Å². The average Bonchev–Trinajstić information content (AvgIpc) is 2.79. The fraction of sp³-hybridized carbons (Fsp3) is 0.750. The van der Waals surface area contributed by atoms with Gasteiger partial charge in [0, 0.05) is 17.9 Å². The van der Waals surface area contributed by atoms with Crippen molar-refractivity contribution in [3.8, 4) is 0 Å². The summed E-state index contributed by atoms with van der Waals surface area (Å²) in [5.41, 5.74) is -1.35. The van der Waals surface area contributed by atoms with Crippen molar-refractivity contribution >= 4 is 11.9 Å². The smallest absolute Gasteiger partial charge is 0.326 e. The van der Waals surface area contributed by atoms with Crippen molar-refractivity contribution in [2.45, 2.75) is 92.1 Å². The normalized spacial score (nSPS) is 13.0. The highest BCUT2D eigenvalue weighted by atomic mass is 16.6. The van der Waals surface area contributed by atoms with E-state index in [-0.39, 0.29) is 30.6 Å². The third-order valence-electron chi connectivity index (χ3n) is 3.54. The van der Waals surface area contributed by atoms with Crippen molar-refractivity contribution in [3.05, 3.63) is 18.2 Å². The van der Waals surface area contributed by atoms with Gasteiger partial charge in [-0.25, -0.2) is 4.98 Å². The quantitative estimate of drug-likeness (QED) is 0.705. The zero-order valence-corrected chi connectivity index (χ0v) is 18.3. The summed E-state index contributed by atoms with van der Waals surface area (Å²) in [6, 6.07) is 0. The minimum atomic E-state index is -0.536. The Hall–Kier alpha value is -1.89. The second kappa shape index (κ2) is 8.42. The lowest BCUT2D eigenvalue weighted by atomic mass is 10.1. The van der Waals surface area contributed by atoms with Gasteiger partial charge in [0.1, 0.15) is 23.6 Å². The Morgan fingerprint density at radius 3 is 1.96 bits per heavy atom. The number of carbonyl (C=O) groups excluding carboxylic acids is 2. The van der Waals surface area contributed by atoms with Crippen molar-refractivity contribution in [1.29, 1.82) is 0 Å². The molecule has 0 saturated carbocycles. The van der Waals surface area contributed by atoms with Crippen LogP contribution in [0.1, 0.15) is 68.1 Å². The molecule has 0 amide bonds. The van der Waals surface area contributed by atoms with Gasteiger partial charge in [0.25, 0.3) is 0 Å². The molecule has 0 unspecified atom stereocenters. The molecule has 1 aromatic heterocycles. The van der Waals surface area contributed by atoms with Crippen LogP contribution in [0.25, 0.3) is 0 Å². The van der Waals surface area contributed by atoms with Crippen molar-refractivity contribution in [1.82, 2.24) is 14.5 Å². The summed E-state index contributed by atoms with van der Waals surface area (Å²) >= 11 is 0. The fourth-order valence-corrected chi connectivity index (χ4v) is 2.38. The van der Waals surface area contributed by atoms with Gasteiger partial charge in [-0.1, -0.05) is 0 Å². The Balaban J connectivity index is 2.87. The minimum absolute atomic E-state index is 0.0804. The number of nitrogens with zero attached hydrogens (tertiary/aromatic N) is 3. The van der Waals surface area contributed by atoms with E-state index in [1.807, 2.05) is 67.2 Å². The first kappa shape index (κ1) is 23.1. The van der Waals surface area contributed by atoms with Crippen LogP contribution in [0.2, 0.25) is 0 Å². The molecule has 0 saturated heterocycles. The predicted octanol–water partition coefficient (Wildman–Crippen LogP) is 3.17. The molecule has 0 aliphatic carbocycles. The van der Waals surface area contributed by atoms with Crippen molar-refractivity contribution in [2.75, 3.05) is 6.54 Å². The maximum atomic E-state index is 12.3. The Bertz CT molecular complexity index is 645. The Labute approximate surface area is 163 Å². The second-order valence-corrected chi connectivity index (χ2v) is 9.67. The summed E-state index contributed by atoms with van der Waals surface area (Å²) in [7, 11) is 0. The molecule has 0 bridgehead atoms. The molecule has 7 nitrogen and oxygen atoms in total. The van der Waals surface area contributed by atoms with E-state index in [4.69, 9.17) is 9.47 Å². The number of hydrogen-bond acceptors (Lipinski definition) is 6. The molecule has 0 fully saturated rings. The van der Waals surface area contributed by atoms with Crippen LogP contribution in [0.4, 0.5) is 0 Å². The number of ether oxygens (including phenoxy) is 2. The lowest BCUT2D eigenvalue weighted by molar-refractivity contribution is -0.158. The molecular formula is C20H35N3O4. The number of hydrogen-bond donors (Lipinski definition) is 0. The summed E-state index contributed by atoms with van der Waals surface area (Å²) in [5, 5.41) is 0. The van der Waals surface area contributed by atoms with Gasteiger partial charge in [-0.15, -0.1) is 0 Å². The Morgan fingerprint density at radius 1 is 0.963 bits per heavy atom. The van der Waals surface area contributed by atoms with Gasteiger partial charge in [-0.3, -0.25) is 14.5 Å². The van der Waals surface area contributed by atoms with Crippen molar-refractivity contribution in [2.24, 2.45) is 0 Å². The topological polar surface area (TPSA) is 73.7 Å². The zero-order chi connectivity index (χ0) is 21.0. The van der Waals surface area contributed by atoms with Crippen molar-refractivity contribution in [3.63, 3.8) is 0 Å². The fourth-order valence-electron chi connectivity index (χ4n) is 2.38. The Morgan fingerprint density at radius 2 is 1.48 bits per heavy atom. The molecule has 0 aliphatic rings. The second-order valence-electron chi connectivity index (χ2n) is 9.67. The SMILES string of the molecule is CC(C)(C)OC(=O)CN(Cc1nccn1CC(=O)OC(C)(C)C)C(C)(C)C. The minimum Gasteiger partial charge on any atom is -0.459 e. The molecule has 1 rings (SSSR count). The monoisotopic (exact) mass is 381 g/mol. The maximum Gasteiger partial charge on any atom is 0.326 e.